The van der Waals surface area contributed by atoms with Gasteiger partial charge in [0.05, 0.1) is 10.7 Å². The van der Waals surface area contributed by atoms with Crippen LogP contribution in [0.5, 0.6) is 5.75 Å². The van der Waals surface area contributed by atoms with Crippen LogP contribution in [0.25, 0.3) is 0 Å². The molecule has 88 valence electrons. The Labute approximate surface area is 106 Å². The Morgan fingerprint density at radius 2 is 1.82 bits per heavy atom. The molecule has 0 saturated carbocycles. The zero-order chi connectivity index (χ0) is 12.3. The first kappa shape index (κ1) is 11.8. The van der Waals surface area contributed by atoms with Crippen LogP contribution in [-0.2, 0) is 6.61 Å². The van der Waals surface area contributed by atoms with Crippen LogP contribution in [0.2, 0.25) is 5.02 Å². The molecular formula is C14H14ClNO. The minimum atomic E-state index is 0.520. The van der Waals surface area contributed by atoms with Crippen LogP contribution in [0.15, 0.2) is 42.5 Å². The van der Waals surface area contributed by atoms with Crippen molar-refractivity contribution in [3.05, 3.63) is 58.6 Å². The van der Waals surface area contributed by atoms with E-state index < -0.39 is 0 Å². The molecular weight excluding hydrogens is 234 g/mol. The smallest absolute Gasteiger partial charge is 0.121 e. The van der Waals surface area contributed by atoms with Gasteiger partial charge in [-0.2, -0.15) is 0 Å². The number of ether oxygens (including phenoxy) is 1. The lowest BCUT2D eigenvalue weighted by molar-refractivity contribution is 0.306. The van der Waals surface area contributed by atoms with Gasteiger partial charge in [0.1, 0.15) is 12.4 Å². The van der Waals surface area contributed by atoms with Crippen molar-refractivity contribution in [3.8, 4) is 5.75 Å². The highest BCUT2D eigenvalue weighted by Gasteiger charge is 2.00. The van der Waals surface area contributed by atoms with Crippen LogP contribution in [0, 0.1) is 6.92 Å². The number of halogens is 1. The van der Waals surface area contributed by atoms with Crippen LogP contribution in [0.1, 0.15) is 11.1 Å². The molecule has 17 heavy (non-hydrogen) atoms. The lowest BCUT2D eigenvalue weighted by Crippen LogP contribution is -1.96. The van der Waals surface area contributed by atoms with Gasteiger partial charge in [0.15, 0.2) is 0 Å². The Bertz CT molecular complexity index is 508. The molecule has 2 aromatic carbocycles. The normalized spacial score (nSPS) is 10.2. The molecule has 2 N–H and O–H groups in total. The number of benzene rings is 2. The zero-order valence-corrected chi connectivity index (χ0v) is 10.4. The standard InChI is InChI=1S/C14H14ClNO/c1-10-2-4-11(5-3-10)9-17-12-6-7-14(16)13(15)8-12/h2-8H,9,16H2,1H3. The fourth-order valence-electron chi connectivity index (χ4n) is 1.45. The van der Waals surface area contributed by atoms with E-state index in [1.807, 2.05) is 18.2 Å². The summed E-state index contributed by atoms with van der Waals surface area (Å²) in [6.45, 7) is 2.59. The van der Waals surface area contributed by atoms with E-state index in [4.69, 9.17) is 22.1 Å². The SMILES string of the molecule is Cc1ccc(COc2ccc(N)c(Cl)c2)cc1. The van der Waals surface area contributed by atoms with Crippen LogP contribution >= 0.6 is 11.6 Å². The monoisotopic (exact) mass is 247 g/mol. The average Bonchev–Trinajstić information content (AvgIpc) is 2.33. The number of nitrogens with two attached hydrogens (primary N) is 1. The Balaban J connectivity index is 2.02. The molecule has 0 bridgehead atoms. The van der Waals surface area contributed by atoms with E-state index in [2.05, 4.69) is 19.1 Å². The van der Waals surface area contributed by atoms with Crippen LogP contribution in [-0.4, -0.2) is 0 Å². The van der Waals surface area contributed by atoms with Crippen LogP contribution in [0.3, 0.4) is 0 Å². The molecule has 0 atom stereocenters. The van der Waals surface area contributed by atoms with Crippen molar-refractivity contribution in [1.29, 1.82) is 0 Å². The van der Waals surface area contributed by atoms with Crippen LogP contribution in [0.4, 0.5) is 5.69 Å². The molecule has 2 nitrogen and oxygen atoms in total. The summed E-state index contributed by atoms with van der Waals surface area (Å²) < 4.78 is 5.63. The lowest BCUT2D eigenvalue weighted by atomic mass is 10.2. The number of rotatable bonds is 3. The van der Waals surface area contributed by atoms with Crippen molar-refractivity contribution in [1.82, 2.24) is 0 Å². The van der Waals surface area contributed by atoms with Crippen molar-refractivity contribution in [2.24, 2.45) is 0 Å². The minimum absolute atomic E-state index is 0.520. The summed E-state index contributed by atoms with van der Waals surface area (Å²) >= 11 is 5.91. The molecule has 2 aromatic rings. The maximum Gasteiger partial charge on any atom is 0.121 e. The fraction of sp³-hybridized carbons (Fsp3) is 0.143. The minimum Gasteiger partial charge on any atom is -0.489 e. The third-order valence-corrected chi connectivity index (χ3v) is 2.83. The van der Waals surface area contributed by atoms with Gasteiger partial charge in [0.25, 0.3) is 0 Å². The summed E-state index contributed by atoms with van der Waals surface area (Å²) in [6.07, 6.45) is 0. The largest absolute Gasteiger partial charge is 0.489 e. The van der Waals surface area contributed by atoms with E-state index in [0.29, 0.717) is 17.3 Å². The van der Waals surface area contributed by atoms with Gasteiger partial charge < -0.3 is 10.5 Å². The summed E-state index contributed by atoms with van der Waals surface area (Å²) in [5.74, 6) is 0.727. The highest BCUT2D eigenvalue weighted by atomic mass is 35.5. The van der Waals surface area contributed by atoms with E-state index in [9.17, 15) is 0 Å². The zero-order valence-electron chi connectivity index (χ0n) is 9.61. The molecule has 0 saturated heterocycles. The van der Waals surface area contributed by atoms with Gasteiger partial charge in [-0.15, -0.1) is 0 Å². The molecule has 0 aromatic heterocycles. The van der Waals surface area contributed by atoms with Gasteiger partial charge in [0, 0.05) is 6.07 Å². The van der Waals surface area contributed by atoms with Crippen LogP contribution < -0.4 is 10.5 Å². The molecule has 0 unspecified atom stereocenters. The first-order valence-corrected chi connectivity index (χ1v) is 5.76. The van der Waals surface area contributed by atoms with E-state index >= 15 is 0 Å². The highest BCUT2D eigenvalue weighted by molar-refractivity contribution is 6.33. The first-order chi connectivity index (χ1) is 8.15. The number of anilines is 1. The maximum atomic E-state index is 5.91. The predicted octanol–water partition coefficient (Wildman–Crippen LogP) is 3.81. The number of aryl methyl sites for hydroxylation is 1. The fourth-order valence-corrected chi connectivity index (χ4v) is 1.62. The third kappa shape index (κ3) is 3.14. The van der Waals surface area contributed by atoms with Gasteiger partial charge in [0.2, 0.25) is 0 Å². The molecule has 0 aliphatic carbocycles. The van der Waals surface area contributed by atoms with Crippen molar-refractivity contribution in [2.75, 3.05) is 5.73 Å². The summed E-state index contributed by atoms with van der Waals surface area (Å²) in [5.41, 5.74) is 8.56. The molecule has 0 aliphatic rings. The molecule has 0 spiro atoms. The molecule has 0 fully saturated rings. The van der Waals surface area contributed by atoms with E-state index in [1.54, 1.807) is 12.1 Å². The van der Waals surface area contributed by atoms with Gasteiger partial charge in [-0.25, -0.2) is 0 Å². The Morgan fingerprint density at radius 1 is 1.12 bits per heavy atom. The summed E-state index contributed by atoms with van der Waals surface area (Å²) in [5, 5.41) is 0.520. The number of hydrogen-bond donors (Lipinski definition) is 1. The van der Waals surface area contributed by atoms with E-state index in [0.717, 1.165) is 11.3 Å². The van der Waals surface area contributed by atoms with E-state index in [1.165, 1.54) is 5.56 Å². The molecule has 0 amide bonds. The van der Waals surface area contributed by atoms with Gasteiger partial charge >= 0.3 is 0 Å². The van der Waals surface area contributed by atoms with Crippen molar-refractivity contribution < 1.29 is 4.74 Å². The Hall–Kier alpha value is -1.67. The average molecular weight is 248 g/mol. The Kier molecular flexibility index (Phi) is 3.55. The Morgan fingerprint density at radius 3 is 2.47 bits per heavy atom. The number of nitrogen functional groups attached to an aromatic ring is 1. The van der Waals surface area contributed by atoms with Crippen molar-refractivity contribution >= 4 is 17.3 Å². The van der Waals surface area contributed by atoms with Crippen molar-refractivity contribution in [3.63, 3.8) is 0 Å². The number of hydrogen-bond acceptors (Lipinski definition) is 2. The second-order valence-corrected chi connectivity index (χ2v) is 4.36. The topological polar surface area (TPSA) is 35.2 Å². The summed E-state index contributed by atoms with van der Waals surface area (Å²) in [6, 6.07) is 13.5. The quantitative estimate of drug-likeness (QED) is 0.837. The summed E-state index contributed by atoms with van der Waals surface area (Å²) in [7, 11) is 0. The second kappa shape index (κ2) is 5.11. The molecule has 2 rings (SSSR count). The molecule has 3 heteroatoms. The molecule has 0 aliphatic heterocycles. The maximum absolute atomic E-state index is 5.91. The van der Waals surface area contributed by atoms with Gasteiger partial charge in [-0.05, 0) is 24.6 Å². The van der Waals surface area contributed by atoms with Crippen molar-refractivity contribution in [2.45, 2.75) is 13.5 Å². The summed E-state index contributed by atoms with van der Waals surface area (Å²) in [4.78, 5) is 0. The highest BCUT2D eigenvalue weighted by Crippen LogP contribution is 2.24. The van der Waals surface area contributed by atoms with E-state index in [-0.39, 0.29) is 0 Å². The lowest BCUT2D eigenvalue weighted by Gasteiger charge is -2.07. The van der Waals surface area contributed by atoms with Gasteiger partial charge in [-0.3, -0.25) is 0 Å². The van der Waals surface area contributed by atoms with Gasteiger partial charge in [-0.1, -0.05) is 41.4 Å². The second-order valence-electron chi connectivity index (χ2n) is 3.96. The third-order valence-electron chi connectivity index (χ3n) is 2.50. The molecule has 0 heterocycles. The predicted molar refractivity (Wildman–Crippen MR) is 71.4 cm³/mol. The molecule has 0 radical (unpaired) electrons. The first-order valence-electron chi connectivity index (χ1n) is 5.38.